The highest BCUT2D eigenvalue weighted by molar-refractivity contribution is 5.93. The number of rotatable bonds is 6. The summed E-state index contributed by atoms with van der Waals surface area (Å²) >= 11 is 0. The van der Waals surface area contributed by atoms with E-state index < -0.39 is 0 Å². The third kappa shape index (κ3) is 3.93. The number of nitrogens with one attached hydrogen (secondary N) is 1. The van der Waals surface area contributed by atoms with E-state index in [4.69, 9.17) is 4.84 Å². The Labute approximate surface area is 119 Å². The summed E-state index contributed by atoms with van der Waals surface area (Å²) in [6.07, 6.45) is 1.98. The van der Waals surface area contributed by atoms with Crippen LogP contribution in [-0.2, 0) is 4.84 Å². The number of hydroxylamine groups is 1. The molecule has 0 saturated carbocycles. The molecule has 3 heteroatoms. The van der Waals surface area contributed by atoms with E-state index >= 15 is 0 Å². The molecule has 0 aliphatic heterocycles. The van der Waals surface area contributed by atoms with Crippen molar-refractivity contribution in [3.8, 4) is 11.1 Å². The fourth-order valence-corrected chi connectivity index (χ4v) is 1.84. The average Bonchev–Trinajstić information content (AvgIpc) is 2.52. The molecule has 0 saturated heterocycles. The third-order valence-corrected chi connectivity index (χ3v) is 3.02. The molecule has 2 aromatic carbocycles. The first kappa shape index (κ1) is 14.3. The van der Waals surface area contributed by atoms with E-state index in [-0.39, 0.29) is 5.91 Å². The second-order valence-electron chi connectivity index (χ2n) is 4.58. The summed E-state index contributed by atoms with van der Waals surface area (Å²) in [7, 11) is 0. The molecule has 20 heavy (non-hydrogen) atoms. The molecule has 0 bridgehead atoms. The fraction of sp³-hybridized carbons (Fsp3) is 0.235. The van der Waals surface area contributed by atoms with Crippen LogP contribution in [0.2, 0.25) is 0 Å². The summed E-state index contributed by atoms with van der Waals surface area (Å²) in [6.45, 7) is 2.62. The minimum atomic E-state index is -0.208. The quantitative estimate of drug-likeness (QED) is 0.639. The monoisotopic (exact) mass is 269 g/mol. The minimum absolute atomic E-state index is 0.208. The van der Waals surface area contributed by atoms with Crippen molar-refractivity contribution in [1.29, 1.82) is 0 Å². The molecule has 0 aliphatic carbocycles. The van der Waals surface area contributed by atoms with Gasteiger partial charge in [-0.3, -0.25) is 9.63 Å². The predicted molar refractivity (Wildman–Crippen MR) is 80.2 cm³/mol. The Bertz CT molecular complexity index is 535. The van der Waals surface area contributed by atoms with E-state index in [9.17, 15) is 4.79 Å². The molecule has 3 nitrogen and oxygen atoms in total. The highest BCUT2D eigenvalue weighted by atomic mass is 16.6. The summed E-state index contributed by atoms with van der Waals surface area (Å²) in [5, 5.41) is 0. The molecular weight excluding hydrogens is 250 g/mol. The molecule has 1 N–H and O–H groups in total. The van der Waals surface area contributed by atoms with Crippen molar-refractivity contribution in [2.75, 3.05) is 6.61 Å². The molecule has 1 amide bonds. The van der Waals surface area contributed by atoms with E-state index in [1.165, 1.54) is 0 Å². The maximum absolute atomic E-state index is 11.8. The Morgan fingerprint density at radius 2 is 1.65 bits per heavy atom. The topological polar surface area (TPSA) is 38.3 Å². The van der Waals surface area contributed by atoms with Gasteiger partial charge >= 0.3 is 0 Å². The van der Waals surface area contributed by atoms with Gasteiger partial charge in [0.1, 0.15) is 0 Å². The highest BCUT2D eigenvalue weighted by Crippen LogP contribution is 2.19. The largest absolute Gasteiger partial charge is 0.274 e. The molecule has 0 atom stereocenters. The lowest BCUT2D eigenvalue weighted by atomic mass is 10.0. The number of hydrogen-bond donors (Lipinski definition) is 1. The zero-order valence-electron chi connectivity index (χ0n) is 11.6. The molecule has 2 rings (SSSR count). The van der Waals surface area contributed by atoms with Crippen LogP contribution < -0.4 is 5.48 Å². The van der Waals surface area contributed by atoms with Gasteiger partial charge in [-0.2, -0.15) is 0 Å². The number of carbonyl (C=O) groups is 1. The SMILES string of the molecule is CCCCONC(=O)c1ccc(-c2ccccc2)cc1. The molecule has 2 aromatic rings. The van der Waals surface area contributed by atoms with E-state index in [0.29, 0.717) is 12.2 Å². The third-order valence-electron chi connectivity index (χ3n) is 3.02. The number of hydrogen-bond acceptors (Lipinski definition) is 2. The summed E-state index contributed by atoms with van der Waals surface area (Å²) in [5.41, 5.74) is 5.28. The summed E-state index contributed by atoms with van der Waals surface area (Å²) in [6, 6.07) is 17.6. The first-order valence-electron chi connectivity index (χ1n) is 6.89. The molecule has 0 aromatic heterocycles. The Hall–Kier alpha value is -2.13. The van der Waals surface area contributed by atoms with E-state index in [0.717, 1.165) is 24.0 Å². The zero-order valence-corrected chi connectivity index (χ0v) is 11.6. The predicted octanol–water partition coefficient (Wildman–Crippen LogP) is 3.82. The normalized spacial score (nSPS) is 10.2. The maximum atomic E-state index is 11.8. The first-order chi connectivity index (χ1) is 9.81. The van der Waals surface area contributed by atoms with Crippen molar-refractivity contribution in [2.24, 2.45) is 0 Å². The van der Waals surface area contributed by atoms with Crippen molar-refractivity contribution >= 4 is 5.91 Å². The molecule has 0 heterocycles. The Morgan fingerprint density at radius 1 is 1.00 bits per heavy atom. The van der Waals surface area contributed by atoms with Crippen molar-refractivity contribution in [3.63, 3.8) is 0 Å². The van der Waals surface area contributed by atoms with Gasteiger partial charge in [-0.25, -0.2) is 5.48 Å². The van der Waals surface area contributed by atoms with Gasteiger partial charge in [0.05, 0.1) is 6.61 Å². The smallest absolute Gasteiger partial charge is 0.273 e. The number of unbranched alkanes of at least 4 members (excludes halogenated alkanes) is 1. The molecule has 104 valence electrons. The van der Waals surface area contributed by atoms with Gasteiger partial charge < -0.3 is 0 Å². The van der Waals surface area contributed by atoms with Gasteiger partial charge in [-0.1, -0.05) is 55.8 Å². The second kappa shape index (κ2) is 7.46. The first-order valence-corrected chi connectivity index (χ1v) is 6.89. The lowest BCUT2D eigenvalue weighted by Crippen LogP contribution is -2.24. The number of amides is 1. The molecular formula is C17H19NO2. The second-order valence-corrected chi connectivity index (χ2v) is 4.58. The molecule has 0 aliphatic rings. The number of benzene rings is 2. The van der Waals surface area contributed by atoms with Crippen LogP contribution in [0, 0.1) is 0 Å². The molecule has 0 radical (unpaired) electrons. The van der Waals surface area contributed by atoms with Crippen LogP contribution in [0.25, 0.3) is 11.1 Å². The minimum Gasteiger partial charge on any atom is -0.273 e. The Balaban J connectivity index is 1.96. The van der Waals surface area contributed by atoms with Crippen LogP contribution in [0.5, 0.6) is 0 Å². The molecule has 0 fully saturated rings. The van der Waals surface area contributed by atoms with E-state index in [1.54, 1.807) is 12.1 Å². The van der Waals surface area contributed by atoms with Crippen LogP contribution in [0.3, 0.4) is 0 Å². The van der Waals surface area contributed by atoms with E-state index in [2.05, 4.69) is 12.4 Å². The summed E-state index contributed by atoms with van der Waals surface area (Å²) < 4.78 is 0. The Morgan fingerprint density at radius 3 is 2.30 bits per heavy atom. The number of carbonyl (C=O) groups excluding carboxylic acids is 1. The van der Waals surface area contributed by atoms with Crippen LogP contribution in [-0.4, -0.2) is 12.5 Å². The van der Waals surface area contributed by atoms with Crippen LogP contribution in [0.15, 0.2) is 54.6 Å². The molecule has 0 unspecified atom stereocenters. The van der Waals surface area contributed by atoms with Gasteiger partial charge in [0.2, 0.25) is 0 Å². The van der Waals surface area contributed by atoms with E-state index in [1.807, 2.05) is 42.5 Å². The van der Waals surface area contributed by atoms with Gasteiger partial charge in [0.25, 0.3) is 5.91 Å². The van der Waals surface area contributed by atoms with Gasteiger partial charge in [0, 0.05) is 5.56 Å². The van der Waals surface area contributed by atoms with Crippen molar-refractivity contribution < 1.29 is 9.63 Å². The zero-order chi connectivity index (χ0) is 14.2. The standard InChI is InChI=1S/C17H19NO2/c1-2-3-13-20-18-17(19)16-11-9-15(10-12-16)14-7-5-4-6-8-14/h4-12H,2-3,13H2,1H3,(H,18,19). The molecule has 0 spiro atoms. The van der Waals surface area contributed by atoms with Crippen molar-refractivity contribution in [1.82, 2.24) is 5.48 Å². The lowest BCUT2D eigenvalue weighted by Gasteiger charge is -2.06. The van der Waals surface area contributed by atoms with Crippen molar-refractivity contribution in [3.05, 3.63) is 60.2 Å². The Kier molecular flexibility index (Phi) is 5.33. The van der Waals surface area contributed by atoms with Crippen LogP contribution >= 0.6 is 0 Å². The van der Waals surface area contributed by atoms with Gasteiger partial charge in [0.15, 0.2) is 0 Å². The van der Waals surface area contributed by atoms with Gasteiger partial charge in [-0.05, 0) is 29.7 Å². The summed E-state index contributed by atoms with van der Waals surface area (Å²) in [4.78, 5) is 16.9. The van der Waals surface area contributed by atoms with Gasteiger partial charge in [-0.15, -0.1) is 0 Å². The average molecular weight is 269 g/mol. The van der Waals surface area contributed by atoms with Crippen LogP contribution in [0.1, 0.15) is 30.1 Å². The van der Waals surface area contributed by atoms with Crippen LogP contribution in [0.4, 0.5) is 0 Å². The fourth-order valence-electron chi connectivity index (χ4n) is 1.84. The highest BCUT2D eigenvalue weighted by Gasteiger charge is 2.05. The summed E-state index contributed by atoms with van der Waals surface area (Å²) in [5.74, 6) is -0.208. The maximum Gasteiger partial charge on any atom is 0.274 e. The van der Waals surface area contributed by atoms with Crippen molar-refractivity contribution in [2.45, 2.75) is 19.8 Å². The lowest BCUT2D eigenvalue weighted by molar-refractivity contribution is 0.0302.